The number of aromatic nitrogens is 2. The monoisotopic (exact) mass is 336 g/mol. The van der Waals surface area contributed by atoms with Gasteiger partial charge >= 0.3 is 0 Å². The molecule has 0 bridgehead atoms. The molecule has 0 radical (unpaired) electrons. The number of aryl methyl sites for hydroxylation is 2. The van der Waals surface area contributed by atoms with E-state index in [1.165, 1.54) is 23.1 Å². The van der Waals surface area contributed by atoms with E-state index in [0.717, 1.165) is 0 Å². The van der Waals surface area contributed by atoms with E-state index in [-0.39, 0.29) is 18.1 Å². The number of carbonyl (C=O) groups excluding carboxylic acids is 1. The first kappa shape index (κ1) is 17.0. The van der Waals surface area contributed by atoms with Gasteiger partial charge in [-0.15, -0.1) is 0 Å². The Bertz CT molecular complexity index is 757. The van der Waals surface area contributed by atoms with E-state index >= 15 is 0 Å². The number of benzene rings is 1. The van der Waals surface area contributed by atoms with Gasteiger partial charge in [-0.2, -0.15) is 5.10 Å². The molecule has 0 saturated carbocycles. The third-order valence-corrected chi connectivity index (χ3v) is 3.80. The quantitative estimate of drug-likeness (QED) is 0.620. The third kappa shape index (κ3) is 3.68. The number of carbonyl (C=O) groups is 1. The smallest absolute Gasteiger partial charge is 0.272 e. The number of nitro groups is 1. The molecule has 0 atom stereocenters. The lowest BCUT2D eigenvalue weighted by atomic mass is 10.1. The van der Waals surface area contributed by atoms with E-state index in [1.807, 2.05) is 6.92 Å². The molecule has 8 heteroatoms. The summed E-state index contributed by atoms with van der Waals surface area (Å²) in [6.45, 7) is 4.51. The highest BCUT2D eigenvalue weighted by atomic mass is 35.5. The predicted molar refractivity (Wildman–Crippen MR) is 86.5 cm³/mol. The maximum absolute atomic E-state index is 12.4. The summed E-state index contributed by atoms with van der Waals surface area (Å²) < 4.78 is 1.70. The number of hydrogen-bond acceptors (Lipinski definition) is 4. The molecule has 122 valence electrons. The van der Waals surface area contributed by atoms with Crippen molar-refractivity contribution in [1.82, 2.24) is 14.7 Å². The molecule has 0 N–H and O–H groups in total. The van der Waals surface area contributed by atoms with Gasteiger partial charge in [-0.3, -0.25) is 19.6 Å². The predicted octanol–water partition coefficient (Wildman–Crippen LogP) is 3.05. The van der Waals surface area contributed by atoms with Crippen LogP contribution in [-0.4, -0.2) is 32.6 Å². The zero-order chi connectivity index (χ0) is 17.1. The summed E-state index contributed by atoms with van der Waals surface area (Å²) >= 11 is 6.10. The van der Waals surface area contributed by atoms with Gasteiger partial charge in [0, 0.05) is 37.0 Å². The fourth-order valence-electron chi connectivity index (χ4n) is 2.22. The Morgan fingerprint density at radius 2 is 2.17 bits per heavy atom. The minimum Gasteiger partial charge on any atom is -0.336 e. The van der Waals surface area contributed by atoms with Crippen molar-refractivity contribution in [2.75, 3.05) is 7.05 Å². The Kier molecular flexibility index (Phi) is 5.00. The van der Waals surface area contributed by atoms with Gasteiger partial charge in [-0.1, -0.05) is 11.6 Å². The van der Waals surface area contributed by atoms with Gasteiger partial charge in [0.15, 0.2) is 0 Å². The van der Waals surface area contributed by atoms with Crippen LogP contribution in [0.3, 0.4) is 0 Å². The summed E-state index contributed by atoms with van der Waals surface area (Å²) in [4.78, 5) is 24.3. The van der Waals surface area contributed by atoms with Crippen molar-refractivity contribution in [3.05, 3.63) is 56.4 Å². The lowest BCUT2D eigenvalue weighted by Gasteiger charge is -2.16. The second-order valence-corrected chi connectivity index (χ2v) is 5.61. The molecule has 0 fully saturated rings. The van der Waals surface area contributed by atoms with Gasteiger partial charge in [0.25, 0.3) is 11.6 Å². The largest absolute Gasteiger partial charge is 0.336 e. The number of nitrogens with zero attached hydrogens (tertiary/aromatic N) is 4. The van der Waals surface area contributed by atoms with Gasteiger partial charge in [0.05, 0.1) is 16.5 Å². The summed E-state index contributed by atoms with van der Waals surface area (Å²) in [5, 5.41) is 15.6. The molecular formula is C15H17ClN4O3. The van der Waals surface area contributed by atoms with Crippen LogP contribution in [0, 0.1) is 17.0 Å². The SMILES string of the molecule is CCn1cc(Cl)c(CN(C)C(=O)c2ccc([N+](=O)[O-])c(C)c2)n1. The Morgan fingerprint density at radius 1 is 1.48 bits per heavy atom. The second-order valence-electron chi connectivity index (χ2n) is 5.20. The first-order valence-electron chi connectivity index (χ1n) is 7.05. The Morgan fingerprint density at radius 3 is 2.70 bits per heavy atom. The Labute approximate surface area is 138 Å². The Hall–Kier alpha value is -2.41. The Balaban J connectivity index is 2.17. The molecule has 0 saturated heterocycles. The van der Waals surface area contributed by atoms with Gasteiger partial charge < -0.3 is 4.90 Å². The first-order chi connectivity index (χ1) is 10.8. The fraction of sp³-hybridized carbons (Fsp3) is 0.333. The van der Waals surface area contributed by atoms with E-state index in [9.17, 15) is 14.9 Å². The van der Waals surface area contributed by atoms with Crippen LogP contribution < -0.4 is 0 Å². The van der Waals surface area contributed by atoms with Crippen molar-refractivity contribution in [3.8, 4) is 0 Å². The molecule has 0 aliphatic rings. The average molecular weight is 337 g/mol. The van der Waals surface area contributed by atoms with Crippen LogP contribution in [0.1, 0.15) is 28.5 Å². The normalized spacial score (nSPS) is 10.6. The molecule has 0 unspecified atom stereocenters. The van der Waals surface area contributed by atoms with Gasteiger partial charge in [-0.05, 0) is 26.0 Å². The minimum atomic E-state index is -0.468. The molecule has 2 aromatic rings. The summed E-state index contributed by atoms with van der Waals surface area (Å²) in [6.07, 6.45) is 1.71. The van der Waals surface area contributed by atoms with Crippen LogP contribution in [0.15, 0.2) is 24.4 Å². The van der Waals surface area contributed by atoms with Gasteiger partial charge in [0.1, 0.15) is 5.69 Å². The highest BCUT2D eigenvalue weighted by molar-refractivity contribution is 6.31. The van der Waals surface area contributed by atoms with E-state index in [0.29, 0.717) is 28.4 Å². The highest BCUT2D eigenvalue weighted by Gasteiger charge is 2.18. The summed E-state index contributed by atoms with van der Waals surface area (Å²) in [6, 6.07) is 4.31. The summed E-state index contributed by atoms with van der Waals surface area (Å²) in [7, 11) is 1.64. The maximum Gasteiger partial charge on any atom is 0.272 e. The van der Waals surface area contributed by atoms with Crippen molar-refractivity contribution < 1.29 is 9.72 Å². The average Bonchev–Trinajstić information content (AvgIpc) is 2.86. The third-order valence-electron chi connectivity index (χ3n) is 3.49. The molecule has 1 aromatic heterocycles. The van der Waals surface area contributed by atoms with Gasteiger partial charge in [0.2, 0.25) is 0 Å². The number of nitro benzene ring substituents is 1. The van der Waals surface area contributed by atoms with E-state index in [2.05, 4.69) is 5.10 Å². The highest BCUT2D eigenvalue weighted by Crippen LogP contribution is 2.21. The van der Waals surface area contributed by atoms with Crippen LogP contribution in [0.5, 0.6) is 0 Å². The second kappa shape index (κ2) is 6.78. The van der Waals surface area contributed by atoms with Crippen molar-refractivity contribution in [1.29, 1.82) is 0 Å². The van der Waals surface area contributed by atoms with E-state index < -0.39 is 4.92 Å². The number of rotatable bonds is 5. The lowest BCUT2D eigenvalue weighted by molar-refractivity contribution is -0.385. The molecule has 1 aromatic carbocycles. The van der Waals surface area contributed by atoms with Crippen LogP contribution in [0.25, 0.3) is 0 Å². The summed E-state index contributed by atoms with van der Waals surface area (Å²) in [5.74, 6) is -0.245. The summed E-state index contributed by atoms with van der Waals surface area (Å²) in [5.41, 5.74) is 1.45. The molecule has 2 rings (SSSR count). The first-order valence-corrected chi connectivity index (χ1v) is 7.43. The zero-order valence-corrected chi connectivity index (χ0v) is 13.9. The molecule has 0 aliphatic heterocycles. The van der Waals surface area contributed by atoms with Crippen molar-refractivity contribution in [3.63, 3.8) is 0 Å². The molecule has 1 amide bonds. The molecule has 1 heterocycles. The number of halogens is 1. The topological polar surface area (TPSA) is 81.3 Å². The minimum absolute atomic E-state index is 0.00561. The van der Waals surface area contributed by atoms with Crippen molar-refractivity contribution in [2.24, 2.45) is 0 Å². The standard InChI is InChI=1S/C15H17ClN4O3/c1-4-19-8-12(16)13(17-19)9-18(3)15(21)11-5-6-14(20(22)23)10(2)7-11/h5-8H,4,9H2,1-3H3. The molecular weight excluding hydrogens is 320 g/mol. The van der Waals surface area contributed by atoms with E-state index in [4.69, 9.17) is 11.6 Å². The van der Waals surface area contributed by atoms with Crippen molar-refractivity contribution >= 4 is 23.2 Å². The molecule has 0 spiro atoms. The van der Waals surface area contributed by atoms with Crippen LogP contribution in [0.4, 0.5) is 5.69 Å². The molecule has 7 nitrogen and oxygen atoms in total. The number of amides is 1. The van der Waals surface area contributed by atoms with Crippen LogP contribution >= 0.6 is 11.6 Å². The maximum atomic E-state index is 12.4. The van der Waals surface area contributed by atoms with E-state index in [1.54, 1.807) is 24.9 Å². The van der Waals surface area contributed by atoms with Crippen LogP contribution in [-0.2, 0) is 13.1 Å². The zero-order valence-electron chi connectivity index (χ0n) is 13.1. The lowest BCUT2D eigenvalue weighted by Crippen LogP contribution is -2.26. The van der Waals surface area contributed by atoms with Crippen LogP contribution in [0.2, 0.25) is 5.02 Å². The molecule has 0 aliphatic carbocycles. The number of hydrogen-bond donors (Lipinski definition) is 0. The molecule has 23 heavy (non-hydrogen) atoms. The van der Waals surface area contributed by atoms with Crippen molar-refractivity contribution in [2.45, 2.75) is 26.9 Å². The van der Waals surface area contributed by atoms with Gasteiger partial charge in [-0.25, -0.2) is 0 Å². The fourth-order valence-corrected chi connectivity index (χ4v) is 2.43.